The zero-order chi connectivity index (χ0) is 18.3. The smallest absolute Gasteiger partial charge is 0.338 e. The number of benzene rings is 2. The molecule has 0 aliphatic rings. The Bertz CT molecular complexity index is 696. The Kier molecular flexibility index (Phi) is 6.95. The highest BCUT2D eigenvalue weighted by Crippen LogP contribution is 2.43. The van der Waals surface area contributed by atoms with Crippen LogP contribution in [0.15, 0.2) is 48.5 Å². The summed E-state index contributed by atoms with van der Waals surface area (Å²) < 4.78 is 24.0. The molecule has 2 aromatic carbocycles. The highest BCUT2D eigenvalue weighted by molar-refractivity contribution is 7.60. The van der Waals surface area contributed by atoms with Gasteiger partial charge in [0, 0.05) is 12.4 Å². The Morgan fingerprint density at radius 3 is 2.16 bits per heavy atom. The van der Waals surface area contributed by atoms with Crippen molar-refractivity contribution in [2.45, 2.75) is 39.5 Å². The van der Waals surface area contributed by atoms with E-state index >= 15 is 0 Å². The van der Waals surface area contributed by atoms with Crippen LogP contribution in [0.3, 0.4) is 0 Å². The maximum absolute atomic E-state index is 12.7. The van der Waals surface area contributed by atoms with Crippen molar-refractivity contribution in [1.82, 2.24) is 0 Å². The fraction of sp³-hybridized carbons (Fsp3) is 0.400. The molecule has 2 aromatic rings. The van der Waals surface area contributed by atoms with Gasteiger partial charge in [-0.3, -0.25) is 4.57 Å². The lowest BCUT2D eigenvalue weighted by molar-refractivity contribution is 0.309. The van der Waals surface area contributed by atoms with Crippen molar-refractivity contribution in [2.75, 3.05) is 18.4 Å². The first kappa shape index (κ1) is 19.4. The van der Waals surface area contributed by atoms with Gasteiger partial charge in [-0.25, -0.2) is 0 Å². The molecule has 1 unspecified atom stereocenters. The van der Waals surface area contributed by atoms with Crippen molar-refractivity contribution >= 4 is 13.2 Å². The Balaban J connectivity index is 1.94. The maximum Gasteiger partial charge on any atom is 0.338 e. The first-order valence-electron chi connectivity index (χ1n) is 8.78. The molecule has 1 atom stereocenters. The fourth-order valence-corrected chi connectivity index (χ4v) is 3.52. The lowest BCUT2D eigenvalue weighted by atomic mass is 10.0. The molecule has 0 heterocycles. The van der Waals surface area contributed by atoms with E-state index in [-0.39, 0.29) is 0 Å². The second kappa shape index (κ2) is 8.96. The average molecular weight is 361 g/mol. The van der Waals surface area contributed by atoms with Gasteiger partial charge in [0.2, 0.25) is 0 Å². The lowest BCUT2D eigenvalue weighted by Crippen LogP contribution is -2.02. The van der Waals surface area contributed by atoms with Gasteiger partial charge < -0.3 is 14.3 Å². The molecule has 1 N–H and O–H groups in total. The second-order valence-electron chi connectivity index (χ2n) is 6.50. The van der Waals surface area contributed by atoms with Crippen LogP contribution >= 0.6 is 7.52 Å². The molecule has 0 radical (unpaired) electrons. The highest BCUT2D eigenvalue weighted by Gasteiger charge is 2.17. The monoisotopic (exact) mass is 361 g/mol. The largest absolute Gasteiger partial charge is 0.494 e. The Hall–Kier alpha value is -1.93. The zero-order valence-corrected chi connectivity index (χ0v) is 16.4. The molecule has 0 saturated carbocycles. The Morgan fingerprint density at radius 2 is 1.60 bits per heavy atom. The molecule has 0 aliphatic carbocycles. The van der Waals surface area contributed by atoms with Gasteiger partial charge in [-0.2, -0.15) is 0 Å². The molecule has 136 valence electrons. The van der Waals surface area contributed by atoms with Crippen LogP contribution in [0.4, 0.5) is 5.69 Å². The molecule has 5 heteroatoms. The Labute approximate surface area is 151 Å². The van der Waals surface area contributed by atoms with Gasteiger partial charge >= 0.3 is 7.52 Å². The third-order valence-electron chi connectivity index (χ3n) is 3.78. The van der Waals surface area contributed by atoms with Crippen LogP contribution in [-0.2, 0) is 4.57 Å². The minimum Gasteiger partial charge on any atom is -0.494 e. The molecule has 0 amide bonds. The van der Waals surface area contributed by atoms with Gasteiger partial charge in [-0.15, -0.1) is 0 Å². The van der Waals surface area contributed by atoms with E-state index in [0.717, 1.165) is 24.3 Å². The predicted molar refractivity (Wildman–Crippen MR) is 105 cm³/mol. The Morgan fingerprint density at radius 1 is 1.00 bits per heavy atom. The summed E-state index contributed by atoms with van der Waals surface area (Å²) in [6.07, 6.45) is 2.14. The minimum atomic E-state index is -3.01. The zero-order valence-electron chi connectivity index (χ0n) is 15.5. The van der Waals surface area contributed by atoms with Gasteiger partial charge in [0.05, 0.1) is 6.61 Å². The topological polar surface area (TPSA) is 47.6 Å². The van der Waals surface area contributed by atoms with Gasteiger partial charge in [-0.1, -0.05) is 39.3 Å². The number of anilines is 1. The minimum absolute atomic E-state index is 0.457. The van der Waals surface area contributed by atoms with Crippen LogP contribution in [-0.4, -0.2) is 13.3 Å². The van der Waals surface area contributed by atoms with Gasteiger partial charge in [0.15, 0.2) is 0 Å². The number of hydrogen-bond donors (Lipinski definition) is 1. The summed E-state index contributed by atoms with van der Waals surface area (Å²) in [4.78, 5) is 0. The van der Waals surface area contributed by atoms with Crippen LogP contribution < -0.4 is 14.3 Å². The third kappa shape index (κ3) is 6.47. The summed E-state index contributed by atoms with van der Waals surface area (Å²) in [5.74, 6) is 1.87. The molecule has 0 saturated heterocycles. The SMILES string of the molecule is CCCCOc1ccc(NP(C)(=O)Oc2ccc(C(C)C)cc2)cc1. The maximum atomic E-state index is 12.7. The molecule has 0 aromatic heterocycles. The molecular formula is C20H28NO3P. The number of unbranched alkanes of at least 4 members (excludes halogenated alkanes) is 1. The summed E-state index contributed by atoms with van der Waals surface area (Å²) in [5, 5.41) is 2.98. The number of hydrogen-bond acceptors (Lipinski definition) is 3. The van der Waals surface area contributed by atoms with Crippen molar-refractivity contribution in [1.29, 1.82) is 0 Å². The quantitative estimate of drug-likeness (QED) is 0.420. The molecular weight excluding hydrogens is 333 g/mol. The van der Waals surface area contributed by atoms with Gasteiger partial charge in [0.25, 0.3) is 0 Å². The van der Waals surface area contributed by atoms with Crippen molar-refractivity contribution < 1.29 is 13.8 Å². The molecule has 2 rings (SSSR count). The van der Waals surface area contributed by atoms with E-state index in [4.69, 9.17) is 9.26 Å². The molecule has 0 bridgehead atoms. The van der Waals surface area contributed by atoms with E-state index in [9.17, 15) is 4.57 Å². The second-order valence-corrected chi connectivity index (χ2v) is 8.60. The van der Waals surface area contributed by atoms with E-state index in [1.807, 2.05) is 48.5 Å². The van der Waals surface area contributed by atoms with E-state index in [1.54, 1.807) is 6.66 Å². The number of ether oxygens (including phenoxy) is 1. The molecule has 0 spiro atoms. The van der Waals surface area contributed by atoms with E-state index in [0.29, 0.717) is 18.3 Å². The van der Waals surface area contributed by atoms with Crippen LogP contribution in [0.25, 0.3) is 0 Å². The van der Waals surface area contributed by atoms with Crippen LogP contribution in [0.1, 0.15) is 45.1 Å². The van der Waals surface area contributed by atoms with Crippen LogP contribution in [0, 0.1) is 0 Å². The molecule has 0 aliphatic heterocycles. The summed E-state index contributed by atoms with van der Waals surface area (Å²) in [7, 11) is -3.01. The third-order valence-corrected chi connectivity index (χ3v) is 5.00. The number of rotatable bonds is 9. The van der Waals surface area contributed by atoms with Crippen LogP contribution in [0.2, 0.25) is 0 Å². The van der Waals surface area contributed by atoms with Crippen molar-refractivity contribution in [3.63, 3.8) is 0 Å². The summed E-state index contributed by atoms with van der Waals surface area (Å²) >= 11 is 0. The highest BCUT2D eigenvalue weighted by atomic mass is 31.2. The predicted octanol–water partition coefficient (Wildman–Crippen LogP) is 6.30. The lowest BCUT2D eigenvalue weighted by Gasteiger charge is -2.18. The number of nitrogens with one attached hydrogen (secondary N) is 1. The van der Waals surface area contributed by atoms with E-state index < -0.39 is 7.52 Å². The fourth-order valence-electron chi connectivity index (χ4n) is 2.33. The molecule has 0 fully saturated rings. The molecule has 25 heavy (non-hydrogen) atoms. The van der Waals surface area contributed by atoms with E-state index in [1.165, 1.54) is 5.56 Å². The summed E-state index contributed by atoms with van der Waals surface area (Å²) in [6, 6.07) is 15.2. The summed E-state index contributed by atoms with van der Waals surface area (Å²) in [6.45, 7) is 8.70. The van der Waals surface area contributed by atoms with Crippen molar-refractivity contribution in [3.05, 3.63) is 54.1 Å². The normalized spacial score (nSPS) is 13.3. The van der Waals surface area contributed by atoms with Crippen molar-refractivity contribution in [2.24, 2.45) is 0 Å². The van der Waals surface area contributed by atoms with Gasteiger partial charge in [0.1, 0.15) is 11.5 Å². The van der Waals surface area contributed by atoms with E-state index in [2.05, 4.69) is 25.9 Å². The first-order chi connectivity index (χ1) is 11.9. The first-order valence-corrected chi connectivity index (χ1v) is 10.8. The standard InChI is InChI=1S/C20H28NO3P/c1-5-6-15-23-19-13-9-18(10-14-19)21-25(4,22)24-20-11-7-17(8-12-20)16(2)3/h7-14,16H,5-6,15H2,1-4H3,(H,21,22). The summed E-state index contributed by atoms with van der Waals surface area (Å²) in [5.41, 5.74) is 1.97. The average Bonchev–Trinajstić information content (AvgIpc) is 2.56. The molecule has 4 nitrogen and oxygen atoms in total. The van der Waals surface area contributed by atoms with Gasteiger partial charge in [-0.05, 0) is 54.3 Å². The van der Waals surface area contributed by atoms with Crippen molar-refractivity contribution in [3.8, 4) is 11.5 Å². The van der Waals surface area contributed by atoms with Crippen LogP contribution in [0.5, 0.6) is 11.5 Å².